The summed E-state index contributed by atoms with van der Waals surface area (Å²) < 4.78 is 43.4. The zero-order valence-corrected chi connectivity index (χ0v) is 11.7. The predicted molar refractivity (Wildman–Crippen MR) is 67.3 cm³/mol. The standard InChI is InChI=1S/C10H8Cl3F3N2O/c11-6-5(10(14,15)16)8(13)17-9(7(6)12)18-1-3-19-4-2-18/h1-4H2. The van der Waals surface area contributed by atoms with Crippen LogP contribution >= 0.6 is 34.8 Å². The first kappa shape index (κ1) is 15.0. The molecule has 2 heterocycles. The van der Waals surface area contributed by atoms with Crippen molar-refractivity contribution in [3.8, 4) is 0 Å². The molecule has 3 nitrogen and oxygen atoms in total. The van der Waals surface area contributed by atoms with E-state index < -0.39 is 21.9 Å². The SMILES string of the molecule is FC(F)(F)c1c(Cl)nc(N2CCOCC2)c(Cl)c1Cl. The lowest BCUT2D eigenvalue weighted by atomic mass is 10.2. The third-order valence-corrected chi connectivity index (χ3v) is 3.72. The normalized spacial score (nSPS) is 16.8. The van der Waals surface area contributed by atoms with Crippen molar-refractivity contribution in [3.05, 3.63) is 20.8 Å². The number of anilines is 1. The molecule has 0 amide bonds. The summed E-state index contributed by atoms with van der Waals surface area (Å²) in [5.41, 5.74) is -1.21. The maximum Gasteiger partial charge on any atom is 0.420 e. The van der Waals surface area contributed by atoms with Crippen LogP contribution in [-0.2, 0) is 10.9 Å². The van der Waals surface area contributed by atoms with Crippen LogP contribution in [0.3, 0.4) is 0 Å². The second kappa shape index (κ2) is 5.52. The van der Waals surface area contributed by atoms with Gasteiger partial charge in [-0.15, -0.1) is 0 Å². The molecule has 0 radical (unpaired) electrons. The Morgan fingerprint density at radius 3 is 2.16 bits per heavy atom. The van der Waals surface area contributed by atoms with Gasteiger partial charge in [0.2, 0.25) is 0 Å². The number of rotatable bonds is 1. The molecule has 9 heteroatoms. The summed E-state index contributed by atoms with van der Waals surface area (Å²) in [4.78, 5) is 5.41. The Kier molecular flexibility index (Phi) is 4.35. The largest absolute Gasteiger partial charge is 0.420 e. The van der Waals surface area contributed by atoms with Crippen molar-refractivity contribution in [1.29, 1.82) is 0 Å². The topological polar surface area (TPSA) is 25.4 Å². The van der Waals surface area contributed by atoms with E-state index in [4.69, 9.17) is 39.5 Å². The van der Waals surface area contributed by atoms with E-state index in [0.29, 0.717) is 26.3 Å². The number of hydrogen-bond acceptors (Lipinski definition) is 3. The molecule has 106 valence electrons. The van der Waals surface area contributed by atoms with Gasteiger partial charge in [-0.25, -0.2) is 4.98 Å². The lowest BCUT2D eigenvalue weighted by Crippen LogP contribution is -2.37. The molecule has 1 aromatic rings. The molecule has 1 aliphatic rings. The number of halogens is 6. The molecule has 0 atom stereocenters. The van der Waals surface area contributed by atoms with Gasteiger partial charge in [-0.05, 0) is 0 Å². The fourth-order valence-electron chi connectivity index (χ4n) is 1.72. The maximum atomic E-state index is 12.8. The highest BCUT2D eigenvalue weighted by Gasteiger charge is 2.39. The van der Waals surface area contributed by atoms with Crippen molar-refractivity contribution >= 4 is 40.6 Å². The second-order valence-electron chi connectivity index (χ2n) is 3.83. The Hall–Kier alpha value is -0.430. The predicted octanol–water partition coefficient (Wildman–Crippen LogP) is 3.90. The molecular formula is C10H8Cl3F3N2O. The Morgan fingerprint density at radius 1 is 1.05 bits per heavy atom. The van der Waals surface area contributed by atoms with Gasteiger partial charge in [0.05, 0.1) is 18.2 Å². The van der Waals surface area contributed by atoms with Gasteiger partial charge in [0.1, 0.15) is 15.7 Å². The van der Waals surface area contributed by atoms with E-state index in [-0.39, 0.29) is 10.8 Å². The van der Waals surface area contributed by atoms with Gasteiger partial charge < -0.3 is 9.64 Å². The third-order valence-electron chi connectivity index (χ3n) is 2.61. The van der Waals surface area contributed by atoms with Gasteiger partial charge in [0, 0.05) is 13.1 Å². The quantitative estimate of drug-likeness (QED) is 0.728. The van der Waals surface area contributed by atoms with E-state index in [2.05, 4.69) is 4.98 Å². The summed E-state index contributed by atoms with van der Waals surface area (Å²) in [6.07, 6.45) is -4.70. The van der Waals surface area contributed by atoms with E-state index >= 15 is 0 Å². The average Bonchev–Trinajstić information content (AvgIpc) is 2.33. The minimum Gasteiger partial charge on any atom is -0.378 e. The van der Waals surface area contributed by atoms with Crippen LogP contribution in [0.15, 0.2) is 0 Å². The van der Waals surface area contributed by atoms with E-state index in [1.54, 1.807) is 4.90 Å². The molecule has 1 aromatic heterocycles. The molecule has 0 aliphatic carbocycles. The monoisotopic (exact) mass is 334 g/mol. The molecule has 0 bridgehead atoms. The number of pyridine rings is 1. The van der Waals surface area contributed by atoms with Gasteiger partial charge in [-0.1, -0.05) is 34.8 Å². The third kappa shape index (κ3) is 3.02. The fourth-order valence-corrected chi connectivity index (χ4v) is 2.59. The summed E-state index contributed by atoms with van der Waals surface area (Å²) in [6.45, 7) is 1.80. The molecular weight excluding hydrogens is 327 g/mol. The van der Waals surface area contributed by atoms with Crippen LogP contribution in [0, 0.1) is 0 Å². The summed E-state index contributed by atoms with van der Waals surface area (Å²) in [6, 6.07) is 0. The first-order valence-electron chi connectivity index (χ1n) is 5.26. The number of nitrogens with zero attached hydrogens (tertiary/aromatic N) is 2. The highest BCUT2D eigenvalue weighted by atomic mass is 35.5. The second-order valence-corrected chi connectivity index (χ2v) is 4.94. The van der Waals surface area contributed by atoms with Crippen molar-refractivity contribution in [2.45, 2.75) is 6.18 Å². The maximum absolute atomic E-state index is 12.8. The van der Waals surface area contributed by atoms with Crippen LogP contribution in [0.1, 0.15) is 5.56 Å². The molecule has 0 spiro atoms. The highest BCUT2D eigenvalue weighted by Crippen LogP contribution is 2.44. The molecule has 2 rings (SSSR count). The Labute approximate surface area is 122 Å². The van der Waals surface area contributed by atoms with E-state index in [1.807, 2.05) is 0 Å². The van der Waals surface area contributed by atoms with Gasteiger partial charge in [0.25, 0.3) is 0 Å². The van der Waals surface area contributed by atoms with Gasteiger partial charge in [-0.2, -0.15) is 13.2 Å². The van der Waals surface area contributed by atoms with Crippen molar-refractivity contribution in [1.82, 2.24) is 4.98 Å². The zero-order chi connectivity index (χ0) is 14.2. The summed E-state index contributed by atoms with van der Waals surface area (Å²) >= 11 is 17.1. The van der Waals surface area contributed by atoms with Crippen molar-refractivity contribution < 1.29 is 17.9 Å². The van der Waals surface area contributed by atoms with Gasteiger partial charge in [0.15, 0.2) is 5.82 Å². The zero-order valence-electron chi connectivity index (χ0n) is 9.40. The minimum absolute atomic E-state index is 0.146. The van der Waals surface area contributed by atoms with Crippen molar-refractivity contribution in [2.24, 2.45) is 0 Å². The van der Waals surface area contributed by atoms with Crippen LogP contribution in [0.5, 0.6) is 0 Å². The highest BCUT2D eigenvalue weighted by molar-refractivity contribution is 6.45. The molecule has 19 heavy (non-hydrogen) atoms. The number of ether oxygens (including phenoxy) is 1. The first-order valence-corrected chi connectivity index (χ1v) is 6.40. The molecule has 0 saturated carbocycles. The van der Waals surface area contributed by atoms with Crippen LogP contribution in [0.4, 0.5) is 19.0 Å². The van der Waals surface area contributed by atoms with Crippen molar-refractivity contribution in [3.63, 3.8) is 0 Å². The van der Waals surface area contributed by atoms with Crippen LogP contribution in [-0.4, -0.2) is 31.3 Å². The summed E-state index contributed by atoms with van der Waals surface area (Å²) in [7, 11) is 0. The van der Waals surface area contributed by atoms with E-state index in [1.165, 1.54) is 0 Å². The van der Waals surface area contributed by atoms with Gasteiger partial charge >= 0.3 is 6.18 Å². The molecule has 1 saturated heterocycles. The Morgan fingerprint density at radius 2 is 1.63 bits per heavy atom. The molecule has 1 fully saturated rings. The van der Waals surface area contributed by atoms with E-state index in [9.17, 15) is 13.2 Å². The van der Waals surface area contributed by atoms with Crippen molar-refractivity contribution in [2.75, 3.05) is 31.2 Å². The first-order chi connectivity index (χ1) is 8.82. The molecule has 0 N–H and O–H groups in total. The lowest BCUT2D eigenvalue weighted by molar-refractivity contribution is -0.137. The number of alkyl halides is 3. The average molecular weight is 336 g/mol. The molecule has 1 aliphatic heterocycles. The fraction of sp³-hybridized carbons (Fsp3) is 0.500. The Balaban J connectivity index is 2.48. The summed E-state index contributed by atoms with van der Waals surface area (Å²) in [5.74, 6) is 0.146. The van der Waals surface area contributed by atoms with E-state index in [0.717, 1.165) is 0 Å². The lowest BCUT2D eigenvalue weighted by Gasteiger charge is -2.29. The van der Waals surface area contributed by atoms with Crippen LogP contribution in [0.25, 0.3) is 0 Å². The molecule has 0 aromatic carbocycles. The minimum atomic E-state index is -4.70. The van der Waals surface area contributed by atoms with Crippen LogP contribution < -0.4 is 4.90 Å². The van der Waals surface area contributed by atoms with Gasteiger partial charge in [-0.3, -0.25) is 0 Å². The smallest absolute Gasteiger partial charge is 0.378 e. The number of hydrogen-bond donors (Lipinski definition) is 0. The number of morpholine rings is 1. The van der Waals surface area contributed by atoms with Crippen LogP contribution in [0.2, 0.25) is 15.2 Å². The molecule has 0 unspecified atom stereocenters. The number of aromatic nitrogens is 1. The summed E-state index contributed by atoms with van der Waals surface area (Å²) in [5, 5.41) is -1.58. The Bertz CT molecular complexity index is 490.